The molecule has 3 rings (SSSR count). The molecule has 0 spiro atoms. The van der Waals surface area contributed by atoms with Crippen molar-refractivity contribution >= 4 is 17.3 Å². The van der Waals surface area contributed by atoms with Crippen LogP contribution in [0.5, 0.6) is 0 Å². The van der Waals surface area contributed by atoms with Gasteiger partial charge in [0.25, 0.3) is 0 Å². The van der Waals surface area contributed by atoms with Crippen LogP contribution in [0.25, 0.3) is 0 Å². The highest BCUT2D eigenvalue weighted by atomic mass is 35.5. The van der Waals surface area contributed by atoms with Crippen molar-refractivity contribution in [1.29, 1.82) is 5.26 Å². The van der Waals surface area contributed by atoms with Crippen molar-refractivity contribution in [3.05, 3.63) is 64.7 Å². The fourth-order valence-corrected chi connectivity index (χ4v) is 2.45. The van der Waals surface area contributed by atoms with Gasteiger partial charge in [0, 0.05) is 23.8 Å². The van der Waals surface area contributed by atoms with Crippen LogP contribution in [0.3, 0.4) is 0 Å². The number of rotatable bonds is 4. The van der Waals surface area contributed by atoms with Gasteiger partial charge in [0.05, 0.1) is 24.3 Å². The molecule has 0 amide bonds. The van der Waals surface area contributed by atoms with Crippen LogP contribution in [0, 0.1) is 11.3 Å². The van der Waals surface area contributed by atoms with Crippen LogP contribution in [-0.4, -0.2) is 19.2 Å². The fourth-order valence-electron chi connectivity index (χ4n) is 2.32. The third-order valence-corrected chi connectivity index (χ3v) is 3.84. The Morgan fingerprint density at radius 1 is 1.19 bits per heavy atom. The molecule has 1 aliphatic rings. The molecular weight excluding hydrogens is 284 g/mol. The number of anilines is 1. The van der Waals surface area contributed by atoms with Gasteiger partial charge in [0.2, 0.25) is 0 Å². The second-order valence-electron chi connectivity index (χ2n) is 5.13. The van der Waals surface area contributed by atoms with Crippen LogP contribution < -0.4 is 4.90 Å². The number of nitrogens with zero attached hydrogens (tertiary/aromatic N) is 2. The molecule has 2 aromatic rings. The van der Waals surface area contributed by atoms with Crippen molar-refractivity contribution in [3.8, 4) is 6.07 Å². The van der Waals surface area contributed by atoms with E-state index in [2.05, 4.69) is 11.0 Å². The number of benzene rings is 2. The average Bonchev–Trinajstić information content (AvgIpc) is 2.48. The van der Waals surface area contributed by atoms with E-state index in [-0.39, 0.29) is 6.10 Å². The van der Waals surface area contributed by atoms with Gasteiger partial charge < -0.3 is 9.64 Å². The Kier molecular flexibility index (Phi) is 4.10. The predicted octanol–water partition coefficient (Wildman–Crippen LogP) is 3.62. The summed E-state index contributed by atoms with van der Waals surface area (Å²) in [6.07, 6.45) is 0.242. The molecule has 0 N–H and O–H groups in total. The van der Waals surface area contributed by atoms with Gasteiger partial charge in [-0.1, -0.05) is 29.8 Å². The predicted molar refractivity (Wildman–Crippen MR) is 83.4 cm³/mol. The lowest BCUT2D eigenvalue weighted by Gasteiger charge is -2.40. The molecule has 2 aromatic carbocycles. The van der Waals surface area contributed by atoms with Crippen molar-refractivity contribution in [2.75, 3.05) is 18.0 Å². The summed E-state index contributed by atoms with van der Waals surface area (Å²) in [6, 6.07) is 17.5. The maximum absolute atomic E-state index is 8.91. The summed E-state index contributed by atoms with van der Waals surface area (Å²) in [6.45, 7) is 2.33. The number of halogens is 1. The van der Waals surface area contributed by atoms with Crippen molar-refractivity contribution in [2.24, 2.45) is 0 Å². The van der Waals surface area contributed by atoms with Gasteiger partial charge in [-0.05, 0) is 35.9 Å². The van der Waals surface area contributed by atoms with Gasteiger partial charge in [-0.25, -0.2) is 0 Å². The second-order valence-corrected chi connectivity index (χ2v) is 5.56. The molecule has 1 aliphatic heterocycles. The second kappa shape index (κ2) is 6.17. The molecule has 0 radical (unpaired) electrons. The van der Waals surface area contributed by atoms with E-state index >= 15 is 0 Å². The molecule has 106 valence electrons. The molecule has 0 bridgehead atoms. The molecule has 1 fully saturated rings. The summed E-state index contributed by atoms with van der Waals surface area (Å²) in [5.74, 6) is 0. The zero-order valence-corrected chi connectivity index (χ0v) is 12.3. The normalized spacial score (nSPS) is 14.6. The van der Waals surface area contributed by atoms with E-state index in [0.29, 0.717) is 12.2 Å². The van der Waals surface area contributed by atoms with E-state index in [0.717, 1.165) is 29.4 Å². The first kappa shape index (κ1) is 13.9. The van der Waals surface area contributed by atoms with Crippen molar-refractivity contribution < 1.29 is 4.74 Å². The Labute approximate surface area is 129 Å². The SMILES string of the molecule is N#Cc1cccc(N2CC(OCc3ccc(Cl)cc3)C2)c1. The first-order valence-electron chi connectivity index (χ1n) is 6.86. The summed E-state index contributed by atoms with van der Waals surface area (Å²) in [7, 11) is 0. The molecule has 1 saturated heterocycles. The fraction of sp³-hybridized carbons (Fsp3) is 0.235. The number of ether oxygens (including phenoxy) is 1. The van der Waals surface area contributed by atoms with Gasteiger partial charge in [0.15, 0.2) is 0 Å². The average molecular weight is 299 g/mol. The van der Waals surface area contributed by atoms with E-state index < -0.39 is 0 Å². The molecule has 3 nitrogen and oxygen atoms in total. The van der Waals surface area contributed by atoms with Crippen molar-refractivity contribution in [2.45, 2.75) is 12.7 Å². The van der Waals surface area contributed by atoms with Crippen molar-refractivity contribution in [1.82, 2.24) is 0 Å². The van der Waals surface area contributed by atoms with E-state index in [1.54, 1.807) is 0 Å². The topological polar surface area (TPSA) is 36.3 Å². The standard InChI is InChI=1S/C17H15ClN2O/c18-15-6-4-13(5-7-15)12-21-17-10-20(11-17)16-3-1-2-14(8-16)9-19/h1-8,17H,10-12H2. The molecule has 21 heavy (non-hydrogen) atoms. The molecule has 4 heteroatoms. The zero-order valence-electron chi connectivity index (χ0n) is 11.5. The third-order valence-electron chi connectivity index (χ3n) is 3.59. The summed E-state index contributed by atoms with van der Waals surface area (Å²) in [5.41, 5.74) is 2.91. The minimum absolute atomic E-state index is 0.242. The molecule has 1 heterocycles. The number of hydrogen-bond acceptors (Lipinski definition) is 3. The Morgan fingerprint density at radius 2 is 1.95 bits per heavy atom. The van der Waals surface area contributed by atoms with Gasteiger partial charge in [-0.15, -0.1) is 0 Å². The maximum atomic E-state index is 8.91. The Balaban J connectivity index is 1.49. The van der Waals surface area contributed by atoms with Crippen LogP contribution in [-0.2, 0) is 11.3 Å². The van der Waals surface area contributed by atoms with E-state index in [1.807, 2.05) is 48.5 Å². The zero-order chi connectivity index (χ0) is 14.7. The smallest absolute Gasteiger partial charge is 0.0992 e. The van der Waals surface area contributed by atoms with Gasteiger partial charge in [-0.3, -0.25) is 0 Å². The molecular formula is C17H15ClN2O. The summed E-state index contributed by atoms with van der Waals surface area (Å²) in [4.78, 5) is 2.22. The van der Waals surface area contributed by atoms with Crippen LogP contribution in [0.15, 0.2) is 48.5 Å². The van der Waals surface area contributed by atoms with Gasteiger partial charge in [0.1, 0.15) is 0 Å². The Bertz CT molecular complexity index is 657. The summed E-state index contributed by atoms with van der Waals surface area (Å²) < 4.78 is 5.86. The van der Waals surface area contributed by atoms with Crippen LogP contribution in [0.1, 0.15) is 11.1 Å². The largest absolute Gasteiger partial charge is 0.370 e. The highest BCUT2D eigenvalue weighted by molar-refractivity contribution is 6.30. The first-order valence-corrected chi connectivity index (χ1v) is 7.23. The number of nitriles is 1. The van der Waals surface area contributed by atoms with E-state index in [4.69, 9.17) is 21.6 Å². The summed E-state index contributed by atoms with van der Waals surface area (Å²) >= 11 is 5.85. The third kappa shape index (κ3) is 3.36. The highest BCUT2D eigenvalue weighted by Gasteiger charge is 2.27. The summed E-state index contributed by atoms with van der Waals surface area (Å²) in [5, 5.41) is 9.66. The van der Waals surface area contributed by atoms with E-state index in [9.17, 15) is 0 Å². The Hall–Kier alpha value is -2.02. The van der Waals surface area contributed by atoms with E-state index in [1.165, 1.54) is 0 Å². The minimum atomic E-state index is 0.242. The lowest BCUT2D eigenvalue weighted by atomic mass is 10.1. The lowest BCUT2D eigenvalue weighted by Crippen LogP contribution is -2.52. The van der Waals surface area contributed by atoms with Crippen molar-refractivity contribution in [3.63, 3.8) is 0 Å². The van der Waals surface area contributed by atoms with Gasteiger partial charge in [-0.2, -0.15) is 5.26 Å². The first-order chi connectivity index (χ1) is 10.2. The maximum Gasteiger partial charge on any atom is 0.0992 e. The number of hydrogen-bond donors (Lipinski definition) is 0. The van der Waals surface area contributed by atoms with Crippen LogP contribution >= 0.6 is 11.6 Å². The van der Waals surface area contributed by atoms with Gasteiger partial charge >= 0.3 is 0 Å². The highest BCUT2D eigenvalue weighted by Crippen LogP contribution is 2.24. The molecule has 0 saturated carbocycles. The molecule has 0 atom stereocenters. The lowest BCUT2D eigenvalue weighted by molar-refractivity contribution is 0.0224. The molecule has 0 aromatic heterocycles. The monoisotopic (exact) mass is 298 g/mol. The minimum Gasteiger partial charge on any atom is -0.370 e. The molecule has 0 unspecified atom stereocenters. The Morgan fingerprint density at radius 3 is 2.67 bits per heavy atom. The molecule has 0 aliphatic carbocycles. The van der Waals surface area contributed by atoms with Crippen LogP contribution in [0.2, 0.25) is 5.02 Å². The van der Waals surface area contributed by atoms with Crippen LogP contribution in [0.4, 0.5) is 5.69 Å². The quantitative estimate of drug-likeness (QED) is 0.865.